The molecule has 7 nitrogen and oxygen atoms in total. The third-order valence-corrected chi connectivity index (χ3v) is 5.81. The first kappa shape index (κ1) is 19.4. The summed E-state index contributed by atoms with van der Waals surface area (Å²) in [4.78, 5) is 40.9. The quantitative estimate of drug-likeness (QED) is 0.698. The molecule has 1 atom stereocenters. The van der Waals surface area contributed by atoms with Gasteiger partial charge >= 0.3 is 0 Å². The number of piperazine rings is 1. The van der Waals surface area contributed by atoms with Gasteiger partial charge in [-0.1, -0.05) is 29.8 Å². The largest absolute Gasteiger partial charge is 0.545 e. The van der Waals surface area contributed by atoms with Gasteiger partial charge in [0.25, 0.3) is 5.91 Å². The molecule has 4 rings (SSSR count). The molecular formula is C21H20ClN3O4. The van der Waals surface area contributed by atoms with E-state index in [4.69, 9.17) is 11.6 Å². The van der Waals surface area contributed by atoms with Gasteiger partial charge in [0, 0.05) is 10.7 Å². The average Bonchev–Trinajstić information content (AvgIpc) is 3.02. The van der Waals surface area contributed by atoms with E-state index in [1.54, 1.807) is 0 Å². The van der Waals surface area contributed by atoms with Crippen molar-refractivity contribution < 1.29 is 24.4 Å². The molecule has 0 bridgehead atoms. The maximum Gasteiger partial charge on any atom is 0.292 e. The maximum atomic E-state index is 13.0. The summed E-state index contributed by atoms with van der Waals surface area (Å²) in [6, 6.07) is 12.9. The van der Waals surface area contributed by atoms with Gasteiger partial charge in [0.2, 0.25) is 5.91 Å². The number of halogens is 1. The number of nitrogens with zero attached hydrogens (tertiary/aromatic N) is 2. The molecule has 2 aromatic carbocycles. The molecule has 150 valence electrons. The highest BCUT2D eigenvalue weighted by molar-refractivity contribution is 6.30. The highest BCUT2D eigenvalue weighted by Crippen LogP contribution is 2.23. The summed E-state index contributed by atoms with van der Waals surface area (Å²) in [5, 5.41) is 11.6. The number of anilines is 2. The van der Waals surface area contributed by atoms with Crippen LogP contribution in [0, 0.1) is 0 Å². The van der Waals surface area contributed by atoms with Crippen LogP contribution in [0.3, 0.4) is 0 Å². The van der Waals surface area contributed by atoms with Crippen molar-refractivity contribution in [2.45, 2.75) is 12.5 Å². The second-order valence-electron chi connectivity index (χ2n) is 7.28. The molecule has 1 N–H and O–H groups in total. The lowest BCUT2D eigenvalue weighted by Crippen LogP contribution is -3.19. The van der Waals surface area contributed by atoms with Crippen LogP contribution < -0.4 is 19.8 Å². The van der Waals surface area contributed by atoms with E-state index in [0.29, 0.717) is 10.7 Å². The van der Waals surface area contributed by atoms with Crippen molar-refractivity contribution in [3.05, 3.63) is 59.1 Å². The minimum atomic E-state index is -1.30. The number of quaternary nitrogens is 1. The van der Waals surface area contributed by atoms with Crippen molar-refractivity contribution in [3.63, 3.8) is 0 Å². The van der Waals surface area contributed by atoms with Crippen LogP contribution in [0.4, 0.5) is 11.4 Å². The lowest BCUT2D eigenvalue weighted by Gasteiger charge is -2.35. The SMILES string of the molecule is O=C([O-])c1ccc(N2C(=O)C[C@@H]([NH+]3CCN(c4cccc(Cl)c4)CC3)C2=O)cc1. The molecular weight excluding hydrogens is 394 g/mol. The Kier molecular flexibility index (Phi) is 5.25. The van der Waals surface area contributed by atoms with Crippen molar-refractivity contribution >= 4 is 40.8 Å². The van der Waals surface area contributed by atoms with Crippen LogP contribution in [0.25, 0.3) is 0 Å². The summed E-state index contributed by atoms with van der Waals surface area (Å²) in [5.74, 6) is -1.79. The molecule has 8 heteroatoms. The van der Waals surface area contributed by atoms with E-state index in [0.717, 1.165) is 36.8 Å². The number of benzene rings is 2. The molecule has 2 aliphatic rings. The van der Waals surface area contributed by atoms with Crippen molar-refractivity contribution in [2.24, 2.45) is 0 Å². The predicted octanol–water partition coefficient (Wildman–Crippen LogP) is -0.259. The number of imide groups is 1. The van der Waals surface area contributed by atoms with Crippen molar-refractivity contribution in [2.75, 3.05) is 36.0 Å². The lowest BCUT2D eigenvalue weighted by atomic mass is 10.1. The number of carboxylic acids is 1. The number of carbonyl (C=O) groups excluding carboxylic acids is 3. The van der Waals surface area contributed by atoms with Crippen LogP contribution in [-0.2, 0) is 9.59 Å². The third kappa shape index (κ3) is 3.83. The molecule has 0 aliphatic carbocycles. The third-order valence-electron chi connectivity index (χ3n) is 5.58. The average molecular weight is 414 g/mol. The number of rotatable bonds is 4. The van der Waals surface area contributed by atoms with Crippen LogP contribution in [0.1, 0.15) is 16.8 Å². The Morgan fingerprint density at radius 1 is 1.03 bits per heavy atom. The Morgan fingerprint density at radius 2 is 1.72 bits per heavy atom. The van der Waals surface area contributed by atoms with Crippen molar-refractivity contribution in [1.29, 1.82) is 0 Å². The Bertz CT molecular complexity index is 955. The molecule has 2 fully saturated rings. The summed E-state index contributed by atoms with van der Waals surface area (Å²) in [7, 11) is 0. The number of carboxylic acid groups (broad SMARTS) is 1. The van der Waals surface area contributed by atoms with E-state index in [1.165, 1.54) is 29.2 Å². The van der Waals surface area contributed by atoms with Gasteiger partial charge in [-0.25, -0.2) is 4.90 Å². The summed E-state index contributed by atoms with van der Waals surface area (Å²) < 4.78 is 0. The number of amides is 2. The fraction of sp³-hybridized carbons (Fsp3) is 0.286. The van der Waals surface area contributed by atoms with Crippen LogP contribution in [0.5, 0.6) is 0 Å². The molecule has 0 unspecified atom stereocenters. The Labute approximate surface area is 173 Å². The van der Waals surface area contributed by atoms with E-state index >= 15 is 0 Å². The molecule has 0 aromatic heterocycles. The molecule has 2 heterocycles. The van der Waals surface area contributed by atoms with Gasteiger partial charge in [-0.2, -0.15) is 0 Å². The molecule has 0 saturated carbocycles. The predicted molar refractivity (Wildman–Crippen MR) is 106 cm³/mol. The minimum absolute atomic E-state index is 0.00663. The Balaban J connectivity index is 1.43. The van der Waals surface area contributed by atoms with Gasteiger partial charge in [0.15, 0.2) is 6.04 Å². The fourth-order valence-electron chi connectivity index (χ4n) is 4.04. The van der Waals surface area contributed by atoms with Gasteiger partial charge < -0.3 is 19.7 Å². The number of carbonyl (C=O) groups is 3. The highest BCUT2D eigenvalue weighted by atomic mass is 35.5. The Morgan fingerprint density at radius 3 is 2.34 bits per heavy atom. The van der Waals surface area contributed by atoms with E-state index in [-0.39, 0.29) is 23.8 Å². The molecule has 2 aromatic rings. The number of aromatic carboxylic acids is 1. The second kappa shape index (κ2) is 7.85. The van der Waals surface area contributed by atoms with E-state index in [2.05, 4.69) is 4.90 Å². The molecule has 2 saturated heterocycles. The summed E-state index contributed by atoms with van der Waals surface area (Å²) in [6.07, 6.45) is 0.160. The zero-order valence-electron chi connectivity index (χ0n) is 15.6. The first-order valence-corrected chi connectivity index (χ1v) is 9.85. The minimum Gasteiger partial charge on any atom is -0.545 e. The van der Waals surface area contributed by atoms with Gasteiger partial charge in [-0.15, -0.1) is 0 Å². The first-order chi connectivity index (χ1) is 13.9. The van der Waals surface area contributed by atoms with Crippen LogP contribution in [0.15, 0.2) is 48.5 Å². The monoisotopic (exact) mass is 413 g/mol. The normalized spacial score (nSPS) is 20.4. The topological polar surface area (TPSA) is 85.2 Å². The first-order valence-electron chi connectivity index (χ1n) is 9.47. The molecule has 29 heavy (non-hydrogen) atoms. The molecule has 2 aliphatic heterocycles. The Hall–Kier alpha value is -2.90. The van der Waals surface area contributed by atoms with E-state index < -0.39 is 12.0 Å². The van der Waals surface area contributed by atoms with Gasteiger partial charge in [-0.3, -0.25) is 9.59 Å². The molecule has 0 radical (unpaired) electrons. The smallest absolute Gasteiger partial charge is 0.292 e. The standard InChI is InChI=1S/C21H20ClN3O4/c22-15-2-1-3-17(12-15)23-8-10-24(11-9-23)18-13-19(26)25(20(18)27)16-6-4-14(5-7-16)21(28)29/h1-7,12,18H,8-11,13H2,(H,28,29)/t18-/m1/s1. The van der Waals surface area contributed by atoms with E-state index in [1.807, 2.05) is 24.3 Å². The maximum absolute atomic E-state index is 13.0. The van der Waals surface area contributed by atoms with E-state index in [9.17, 15) is 19.5 Å². The van der Waals surface area contributed by atoms with Crippen LogP contribution in [-0.4, -0.2) is 50.0 Å². The summed E-state index contributed by atoms with van der Waals surface area (Å²) in [6.45, 7) is 3.03. The number of hydrogen-bond donors (Lipinski definition) is 1. The van der Waals surface area contributed by atoms with Gasteiger partial charge in [0.1, 0.15) is 0 Å². The van der Waals surface area contributed by atoms with Gasteiger partial charge in [0.05, 0.1) is 44.3 Å². The summed E-state index contributed by atoms with van der Waals surface area (Å²) >= 11 is 6.08. The zero-order valence-corrected chi connectivity index (χ0v) is 16.4. The van der Waals surface area contributed by atoms with Gasteiger partial charge in [-0.05, 0) is 35.9 Å². The van der Waals surface area contributed by atoms with Crippen LogP contribution in [0.2, 0.25) is 5.02 Å². The number of nitrogens with one attached hydrogen (secondary N) is 1. The lowest BCUT2D eigenvalue weighted by molar-refractivity contribution is -0.915. The highest BCUT2D eigenvalue weighted by Gasteiger charge is 2.46. The molecule has 2 amide bonds. The summed E-state index contributed by atoms with van der Waals surface area (Å²) in [5.41, 5.74) is 1.46. The fourth-order valence-corrected chi connectivity index (χ4v) is 4.23. The van der Waals surface area contributed by atoms with Crippen molar-refractivity contribution in [3.8, 4) is 0 Å². The number of hydrogen-bond acceptors (Lipinski definition) is 5. The zero-order chi connectivity index (χ0) is 20.5. The molecule has 0 spiro atoms. The second-order valence-corrected chi connectivity index (χ2v) is 7.72. The van der Waals surface area contributed by atoms with Crippen molar-refractivity contribution in [1.82, 2.24) is 0 Å². The van der Waals surface area contributed by atoms with Crippen LogP contribution >= 0.6 is 11.6 Å².